The molecule has 3 aliphatic rings. The van der Waals surface area contributed by atoms with E-state index < -0.39 is 21.5 Å². The Hall–Kier alpha value is -1.70. The minimum atomic E-state index is -3.65. The van der Waals surface area contributed by atoms with Gasteiger partial charge < -0.3 is 9.47 Å². The van der Waals surface area contributed by atoms with Gasteiger partial charge in [0, 0.05) is 18.5 Å². The highest BCUT2D eigenvalue weighted by Gasteiger charge is 2.63. The Bertz CT molecular complexity index is 878. The lowest BCUT2D eigenvalue weighted by molar-refractivity contribution is -0.150. The number of aryl methyl sites for hydroxylation is 1. The molecule has 0 N–H and O–H groups in total. The number of carbonyl (C=O) groups is 1. The van der Waals surface area contributed by atoms with Gasteiger partial charge in [-0.1, -0.05) is 29.8 Å². The summed E-state index contributed by atoms with van der Waals surface area (Å²) in [6.45, 7) is 6.15. The first-order chi connectivity index (χ1) is 12.8. The number of carbonyl (C=O) groups excluding carboxylic acids is 1. The van der Waals surface area contributed by atoms with Gasteiger partial charge in [0.25, 0.3) is 0 Å². The highest BCUT2D eigenvalue weighted by atomic mass is 32.2. The zero-order valence-electron chi connectivity index (χ0n) is 15.8. The van der Waals surface area contributed by atoms with Crippen molar-refractivity contribution < 1.29 is 22.7 Å². The van der Waals surface area contributed by atoms with E-state index >= 15 is 0 Å². The third-order valence-electron chi connectivity index (χ3n) is 6.01. The molecule has 7 heteroatoms. The van der Waals surface area contributed by atoms with Crippen molar-refractivity contribution >= 4 is 16.0 Å². The minimum absolute atomic E-state index is 0.225. The summed E-state index contributed by atoms with van der Waals surface area (Å²) in [4.78, 5) is 12.8. The third kappa shape index (κ3) is 2.83. The maximum absolute atomic E-state index is 13.3. The average molecular weight is 391 g/mol. The second-order valence-electron chi connectivity index (χ2n) is 7.72. The largest absolute Gasteiger partial charge is 0.466 e. The van der Waals surface area contributed by atoms with Crippen molar-refractivity contribution in [2.75, 3.05) is 13.2 Å². The summed E-state index contributed by atoms with van der Waals surface area (Å²) in [5.74, 6) is -0.998. The first-order valence-corrected chi connectivity index (χ1v) is 10.8. The lowest BCUT2D eigenvalue weighted by atomic mass is 9.71. The molecule has 0 aromatic heterocycles. The first-order valence-electron chi connectivity index (χ1n) is 9.41. The molecule has 3 heterocycles. The van der Waals surface area contributed by atoms with Gasteiger partial charge in [-0.2, -0.15) is 4.31 Å². The van der Waals surface area contributed by atoms with Crippen molar-refractivity contribution in [3.63, 3.8) is 0 Å². The summed E-state index contributed by atoms with van der Waals surface area (Å²) < 4.78 is 39.4. The van der Waals surface area contributed by atoms with E-state index in [1.165, 1.54) is 4.31 Å². The molecule has 2 fully saturated rings. The van der Waals surface area contributed by atoms with Crippen LogP contribution < -0.4 is 0 Å². The fourth-order valence-corrected chi connectivity index (χ4v) is 6.37. The van der Waals surface area contributed by atoms with Gasteiger partial charge in [0.15, 0.2) is 0 Å². The molecule has 1 spiro atoms. The molecule has 0 amide bonds. The Morgan fingerprint density at radius 2 is 2.04 bits per heavy atom. The molecule has 6 nitrogen and oxygen atoms in total. The molecule has 2 bridgehead atoms. The molecule has 0 aliphatic carbocycles. The van der Waals surface area contributed by atoms with Gasteiger partial charge in [-0.25, -0.2) is 8.42 Å². The zero-order valence-corrected chi connectivity index (χ0v) is 16.6. The molecule has 2 saturated heterocycles. The van der Waals surface area contributed by atoms with Crippen molar-refractivity contribution in [1.29, 1.82) is 0 Å². The second kappa shape index (κ2) is 6.43. The molecule has 0 unspecified atom stereocenters. The summed E-state index contributed by atoms with van der Waals surface area (Å²) in [6, 6.07) is 6.66. The second-order valence-corrected chi connectivity index (χ2v) is 9.61. The minimum Gasteiger partial charge on any atom is -0.466 e. The van der Waals surface area contributed by atoms with Crippen LogP contribution in [0.2, 0.25) is 0 Å². The van der Waals surface area contributed by atoms with Crippen LogP contribution in [0.3, 0.4) is 0 Å². The molecule has 27 heavy (non-hydrogen) atoms. The smallest absolute Gasteiger partial charge is 0.312 e. The van der Waals surface area contributed by atoms with E-state index in [2.05, 4.69) is 0 Å². The van der Waals surface area contributed by atoms with Crippen molar-refractivity contribution in [3.8, 4) is 0 Å². The van der Waals surface area contributed by atoms with Crippen LogP contribution in [0, 0.1) is 18.8 Å². The van der Waals surface area contributed by atoms with Crippen LogP contribution in [0.4, 0.5) is 0 Å². The van der Waals surface area contributed by atoms with Crippen LogP contribution in [-0.4, -0.2) is 49.6 Å². The van der Waals surface area contributed by atoms with Crippen LogP contribution in [-0.2, 0) is 24.3 Å². The molecular weight excluding hydrogens is 366 g/mol. The quantitative estimate of drug-likeness (QED) is 0.582. The molecule has 4 rings (SSSR count). The molecule has 1 aromatic carbocycles. The summed E-state index contributed by atoms with van der Waals surface area (Å²) in [5, 5.41) is 0. The van der Waals surface area contributed by atoms with E-state index in [4.69, 9.17) is 9.47 Å². The fraction of sp³-hybridized carbons (Fsp3) is 0.550. The van der Waals surface area contributed by atoms with Crippen molar-refractivity contribution in [2.24, 2.45) is 11.8 Å². The van der Waals surface area contributed by atoms with Crippen LogP contribution in [0.15, 0.2) is 41.3 Å². The van der Waals surface area contributed by atoms with Gasteiger partial charge in [0.05, 0.1) is 29.1 Å². The first kappa shape index (κ1) is 18.7. The zero-order chi connectivity index (χ0) is 19.4. The maximum atomic E-state index is 13.3. The van der Waals surface area contributed by atoms with Gasteiger partial charge in [-0.15, -0.1) is 0 Å². The van der Waals surface area contributed by atoms with E-state index in [0.717, 1.165) is 5.56 Å². The number of hydrogen-bond acceptors (Lipinski definition) is 5. The highest BCUT2D eigenvalue weighted by Crippen LogP contribution is 2.53. The Morgan fingerprint density at radius 3 is 2.70 bits per heavy atom. The van der Waals surface area contributed by atoms with Gasteiger partial charge in [0.2, 0.25) is 10.0 Å². The number of piperidine rings is 1. The Balaban J connectivity index is 1.67. The number of hydrogen-bond donors (Lipinski definition) is 0. The molecule has 146 valence electrons. The van der Waals surface area contributed by atoms with E-state index in [0.29, 0.717) is 13.0 Å². The van der Waals surface area contributed by atoms with Crippen molar-refractivity contribution in [3.05, 3.63) is 42.0 Å². The number of fused-ring (bicyclic) bond motifs is 1. The van der Waals surface area contributed by atoms with Gasteiger partial charge in [-0.3, -0.25) is 4.79 Å². The van der Waals surface area contributed by atoms with E-state index in [-0.39, 0.29) is 35.5 Å². The Morgan fingerprint density at radius 1 is 1.33 bits per heavy atom. The fourth-order valence-electron chi connectivity index (χ4n) is 4.72. The van der Waals surface area contributed by atoms with Crippen LogP contribution in [0.1, 0.15) is 25.8 Å². The van der Waals surface area contributed by atoms with Crippen LogP contribution in [0.25, 0.3) is 0 Å². The van der Waals surface area contributed by atoms with Gasteiger partial charge in [0.1, 0.15) is 0 Å². The number of benzene rings is 1. The molecule has 0 saturated carbocycles. The Labute approximate surface area is 160 Å². The SMILES string of the molecule is CCOC(=O)[C@@H]1[C@@H]2C=C[C@@]3(C[C@@H](C)N(S(=O)(=O)c4ccc(C)cc4)C[C@@H]13)O2. The summed E-state index contributed by atoms with van der Waals surface area (Å²) in [5.41, 5.74) is 0.439. The molecule has 5 atom stereocenters. The number of nitrogens with zero attached hydrogens (tertiary/aromatic N) is 1. The topological polar surface area (TPSA) is 72.9 Å². The number of esters is 1. The molecule has 3 aliphatic heterocycles. The standard InChI is InChI=1S/C20H25NO5S/c1-4-25-19(22)18-16-12-21(14(3)11-20(16)10-9-17(18)26-20)27(23,24)15-7-5-13(2)6-8-15/h5-10,14,16-18H,4,11-12H2,1-3H3/t14-,16+,17+,18+,20+/m1/s1. The normalized spacial score (nSPS) is 35.2. The lowest BCUT2D eigenvalue weighted by Crippen LogP contribution is -2.57. The predicted molar refractivity (Wildman–Crippen MR) is 99.5 cm³/mol. The monoisotopic (exact) mass is 391 g/mol. The number of sulfonamides is 1. The van der Waals surface area contributed by atoms with E-state index in [1.54, 1.807) is 31.2 Å². The summed E-state index contributed by atoms with van der Waals surface area (Å²) >= 11 is 0. The van der Waals surface area contributed by atoms with Gasteiger partial charge in [-0.05, 0) is 39.3 Å². The van der Waals surface area contributed by atoms with Crippen LogP contribution >= 0.6 is 0 Å². The Kier molecular flexibility index (Phi) is 4.44. The maximum Gasteiger partial charge on any atom is 0.312 e. The highest BCUT2D eigenvalue weighted by molar-refractivity contribution is 7.89. The van der Waals surface area contributed by atoms with E-state index in [9.17, 15) is 13.2 Å². The predicted octanol–water partition coefficient (Wildman–Crippen LogP) is 2.28. The van der Waals surface area contributed by atoms with Gasteiger partial charge >= 0.3 is 5.97 Å². The van der Waals surface area contributed by atoms with Crippen molar-refractivity contribution in [2.45, 2.75) is 49.8 Å². The lowest BCUT2D eigenvalue weighted by Gasteiger charge is -2.45. The number of rotatable bonds is 4. The van der Waals surface area contributed by atoms with Crippen molar-refractivity contribution in [1.82, 2.24) is 4.31 Å². The van der Waals surface area contributed by atoms with E-state index in [1.807, 2.05) is 26.0 Å². The summed E-state index contributed by atoms with van der Waals surface area (Å²) in [6.07, 6.45) is 4.15. The molecular formula is C20H25NO5S. The summed E-state index contributed by atoms with van der Waals surface area (Å²) in [7, 11) is -3.65. The van der Waals surface area contributed by atoms with Crippen LogP contribution in [0.5, 0.6) is 0 Å². The average Bonchev–Trinajstić information content (AvgIpc) is 3.15. The molecule has 1 aromatic rings. The molecule has 0 radical (unpaired) electrons. The third-order valence-corrected chi connectivity index (χ3v) is 8.00. The number of ether oxygens (including phenoxy) is 2.